The van der Waals surface area contributed by atoms with Gasteiger partial charge in [-0.05, 0) is 26.7 Å². The molecule has 2 heterocycles. The van der Waals surface area contributed by atoms with Gasteiger partial charge in [0.25, 0.3) is 0 Å². The first-order chi connectivity index (χ1) is 13.9. The van der Waals surface area contributed by atoms with Crippen molar-refractivity contribution in [3.63, 3.8) is 0 Å². The summed E-state index contributed by atoms with van der Waals surface area (Å²) in [5.41, 5.74) is 23.8. The van der Waals surface area contributed by atoms with Crippen LogP contribution in [0.4, 0.5) is 22.7 Å². The molecule has 0 saturated carbocycles. The second kappa shape index (κ2) is 7.44. The molecule has 6 N–H and O–H groups in total. The molecule has 0 fully saturated rings. The molecule has 0 spiro atoms. The molecule has 12 heteroatoms. The van der Waals surface area contributed by atoms with Crippen molar-refractivity contribution in [3.05, 3.63) is 22.3 Å². The Labute approximate surface area is 180 Å². The Morgan fingerprint density at radius 3 is 2.00 bits per heavy atom. The lowest BCUT2D eigenvalue weighted by atomic mass is 9.95. The third kappa shape index (κ3) is 3.03. The zero-order chi connectivity index (χ0) is 20.9. The van der Waals surface area contributed by atoms with Crippen LogP contribution in [0.25, 0.3) is 22.1 Å². The van der Waals surface area contributed by atoms with Gasteiger partial charge in [0.05, 0.1) is 46.2 Å². The summed E-state index contributed by atoms with van der Waals surface area (Å²) in [6, 6.07) is 0. The summed E-state index contributed by atoms with van der Waals surface area (Å²) in [6.45, 7) is 3.78. The Balaban J connectivity index is 1.87. The molecule has 0 amide bonds. The minimum Gasteiger partial charge on any atom is -0.397 e. The molecule has 4 rings (SSSR count). The van der Waals surface area contributed by atoms with Gasteiger partial charge in [-0.1, -0.05) is 12.8 Å². The molecule has 152 valence electrons. The molecule has 0 aliphatic rings. The zero-order valence-corrected chi connectivity index (χ0v) is 18.5. The van der Waals surface area contributed by atoms with E-state index in [4.69, 9.17) is 11.5 Å². The average molecular weight is 449 g/mol. The summed E-state index contributed by atoms with van der Waals surface area (Å²) < 4.78 is 19.4. The van der Waals surface area contributed by atoms with E-state index in [0.717, 1.165) is 73.5 Å². The SMILES string of the molecule is Cc1c(NO)c(N)c(CCc2c(N(C)S)c(N)c(C)c3nsnc23)c2nsnc12. The molecule has 29 heavy (non-hydrogen) atoms. The number of aryl methyl sites for hydroxylation is 4. The standard InChI is InChI=1S/C17H20N8OS3/c1-6-10(18)17(25(3)27)9(16-13(6)21-28-24-16)5-4-8-11(19)12(20-26)7(2)14-15(8)23-29-22-14/h20,26-27H,4-5,18-19H2,1-3H3. The number of rotatable bonds is 5. The number of nitrogens with two attached hydrogens (primary N) is 2. The van der Waals surface area contributed by atoms with Crippen molar-refractivity contribution < 1.29 is 5.21 Å². The molecule has 2 aromatic carbocycles. The molecule has 2 aromatic heterocycles. The highest BCUT2D eigenvalue weighted by atomic mass is 32.1. The smallest absolute Gasteiger partial charge is 0.110 e. The van der Waals surface area contributed by atoms with Gasteiger partial charge in [0.15, 0.2) is 0 Å². The van der Waals surface area contributed by atoms with Crippen LogP contribution in [0.15, 0.2) is 0 Å². The molecule has 0 bridgehead atoms. The van der Waals surface area contributed by atoms with Crippen LogP contribution in [0, 0.1) is 13.8 Å². The van der Waals surface area contributed by atoms with E-state index in [1.807, 2.05) is 20.9 Å². The summed E-state index contributed by atoms with van der Waals surface area (Å²) in [5, 5.41) is 9.58. The lowest BCUT2D eigenvalue weighted by Gasteiger charge is -2.21. The van der Waals surface area contributed by atoms with Crippen LogP contribution in [0.3, 0.4) is 0 Å². The van der Waals surface area contributed by atoms with Crippen LogP contribution in [-0.2, 0) is 12.8 Å². The van der Waals surface area contributed by atoms with E-state index in [9.17, 15) is 5.21 Å². The minimum atomic E-state index is 0.454. The van der Waals surface area contributed by atoms with E-state index in [0.29, 0.717) is 29.9 Å². The van der Waals surface area contributed by atoms with Gasteiger partial charge in [0, 0.05) is 29.3 Å². The summed E-state index contributed by atoms with van der Waals surface area (Å²) >= 11 is 6.78. The Morgan fingerprint density at radius 2 is 1.41 bits per heavy atom. The second-order valence-electron chi connectivity index (χ2n) is 6.82. The number of nitrogens with zero attached hydrogens (tertiary/aromatic N) is 5. The van der Waals surface area contributed by atoms with Crippen LogP contribution in [0.2, 0.25) is 0 Å². The molecular formula is C17H20N8OS3. The number of nitrogen functional groups attached to an aromatic ring is 2. The third-order valence-corrected chi connectivity index (χ3v) is 6.49. The molecule has 4 aromatic rings. The first-order valence-electron chi connectivity index (χ1n) is 8.75. The monoisotopic (exact) mass is 448 g/mol. The van der Waals surface area contributed by atoms with Crippen LogP contribution >= 0.6 is 36.3 Å². The van der Waals surface area contributed by atoms with Gasteiger partial charge in [-0.3, -0.25) is 10.7 Å². The molecule has 0 aliphatic carbocycles. The first kappa shape index (κ1) is 19.9. The molecule has 0 saturated heterocycles. The van der Waals surface area contributed by atoms with Crippen molar-refractivity contribution >= 4 is 81.1 Å². The van der Waals surface area contributed by atoms with Gasteiger partial charge in [-0.15, -0.1) is 0 Å². The molecule has 0 radical (unpaired) electrons. The van der Waals surface area contributed by atoms with Gasteiger partial charge >= 0.3 is 0 Å². The van der Waals surface area contributed by atoms with Gasteiger partial charge in [-0.2, -0.15) is 17.5 Å². The van der Waals surface area contributed by atoms with Crippen LogP contribution in [0.1, 0.15) is 22.3 Å². The fraction of sp³-hybridized carbons (Fsp3) is 0.294. The van der Waals surface area contributed by atoms with Crippen LogP contribution in [-0.4, -0.2) is 29.7 Å². The van der Waals surface area contributed by atoms with Gasteiger partial charge < -0.3 is 15.8 Å². The Kier molecular flexibility index (Phi) is 5.11. The number of thiol groups is 1. The summed E-state index contributed by atoms with van der Waals surface area (Å²) in [5.74, 6) is 0. The number of benzene rings is 2. The van der Waals surface area contributed by atoms with E-state index in [1.54, 1.807) is 4.31 Å². The Bertz CT molecular complexity index is 1230. The van der Waals surface area contributed by atoms with E-state index in [-0.39, 0.29) is 0 Å². The van der Waals surface area contributed by atoms with Gasteiger partial charge in [0.1, 0.15) is 22.1 Å². The number of fused-ring (bicyclic) bond motifs is 2. The summed E-state index contributed by atoms with van der Waals surface area (Å²) in [6.07, 6.45) is 1.16. The molecule has 9 nitrogen and oxygen atoms in total. The fourth-order valence-corrected chi connectivity index (χ4v) is 5.17. The number of nitrogens with one attached hydrogen (secondary N) is 1. The number of anilines is 4. The largest absolute Gasteiger partial charge is 0.397 e. The molecule has 0 unspecified atom stereocenters. The number of aromatic nitrogens is 4. The van der Waals surface area contributed by atoms with Crippen molar-refractivity contribution in [2.75, 3.05) is 28.3 Å². The summed E-state index contributed by atoms with van der Waals surface area (Å²) in [7, 11) is 1.83. The Hall–Kier alpha value is -2.41. The molecular weight excluding hydrogens is 428 g/mol. The number of hydrogen-bond acceptors (Lipinski definition) is 12. The maximum atomic E-state index is 9.58. The first-order valence-corrected chi connectivity index (χ1v) is 10.6. The second-order valence-corrected chi connectivity index (χ2v) is 8.47. The topological polar surface area (TPSA) is 139 Å². The van der Waals surface area contributed by atoms with Gasteiger partial charge in [-0.25, -0.2) is 0 Å². The quantitative estimate of drug-likeness (QED) is 0.177. The van der Waals surface area contributed by atoms with Crippen molar-refractivity contribution in [2.45, 2.75) is 26.7 Å². The van der Waals surface area contributed by atoms with Crippen molar-refractivity contribution in [1.82, 2.24) is 17.5 Å². The predicted octanol–water partition coefficient (Wildman–Crippen LogP) is 3.34. The highest BCUT2D eigenvalue weighted by Gasteiger charge is 2.23. The number of hydrogen-bond donors (Lipinski definition) is 5. The normalized spacial score (nSPS) is 11.5. The highest BCUT2D eigenvalue weighted by molar-refractivity contribution is 7.81. The lowest BCUT2D eigenvalue weighted by Crippen LogP contribution is -2.12. The molecule has 0 atom stereocenters. The predicted molar refractivity (Wildman–Crippen MR) is 123 cm³/mol. The minimum absolute atomic E-state index is 0.454. The maximum absolute atomic E-state index is 9.58. The van der Waals surface area contributed by atoms with Crippen LogP contribution < -0.4 is 21.3 Å². The van der Waals surface area contributed by atoms with Crippen LogP contribution in [0.5, 0.6) is 0 Å². The van der Waals surface area contributed by atoms with E-state index in [1.165, 1.54) is 0 Å². The van der Waals surface area contributed by atoms with E-state index in [2.05, 4.69) is 35.8 Å². The van der Waals surface area contributed by atoms with E-state index < -0.39 is 0 Å². The summed E-state index contributed by atoms with van der Waals surface area (Å²) in [4.78, 5) is 0. The van der Waals surface area contributed by atoms with Crippen molar-refractivity contribution in [2.24, 2.45) is 0 Å². The van der Waals surface area contributed by atoms with Gasteiger partial charge in [0.2, 0.25) is 0 Å². The average Bonchev–Trinajstić information content (AvgIpc) is 3.35. The fourth-order valence-electron chi connectivity index (χ4n) is 3.70. The van der Waals surface area contributed by atoms with Crippen molar-refractivity contribution in [3.8, 4) is 0 Å². The zero-order valence-electron chi connectivity index (χ0n) is 16.0. The molecule has 0 aliphatic heterocycles. The van der Waals surface area contributed by atoms with Crippen molar-refractivity contribution in [1.29, 1.82) is 0 Å². The highest BCUT2D eigenvalue weighted by Crippen LogP contribution is 2.40. The third-order valence-electron chi connectivity index (χ3n) is 5.23. The van der Waals surface area contributed by atoms with E-state index >= 15 is 0 Å². The maximum Gasteiger partial charge on any atom is 0.110 e. The Morgan fingerprint density at radius 1 is 0.897 bits per heavy atom. The lowest BCUT2D eigenvalue weighted by molar-refractivity contribution is 0.389.